The fraction of sp³-hybridized carbons (Fsp3) is 0.143. The number of benzene rings is 4. The third kappa shape index (κ3) is 2.13. The molecule has 0 unspecified atom stereocenters. The minimum absolute atomic E-state index is 0.842. The first-order chi connectivity index (χ1) is 11.7. The van der Waals surface area contributed by atoms with Crippen molar-refractivity contribution in [1.82, 2.24) is 0 Å². The van der Waals surface area contributed by atoms with Gasteiger partial charge in [-0.1, -0.05) is 18.2 Å². The third-order valence-electron chi connectivity index (χ3n) is 4.55. The normalized spacial score (nSPS) is 11.1. The van der Waals surface area contributed by atoms with E-state index in [2.05, 4.69) is 36.4 Å². The van der Waals surface area contributed by atoms with Crippen molar-refractivity contribution in [3.05, 3.63) is 54.6 Å². The Balaban J connectivity index is 2.25. The maximum atomic E-state index is 5.43. The van der Waals surface area contributed by atoms with Crippen LogP contribution in [-0.2, 0) is 0 Å². The van der Waals surface area contributed by atoms with Crippen LogP contribution in [0.25, 0.3) is 32.3 Å². The lowest BCUT2D eigenvalue weighted by Crippen LogP contribution is -1.89. The lowest BCUT2D eigenvalue weighted by Gasteiger charge is -2.13. The van der Waals surface area contributed by atoms with Gasteiger partial charge in [0, 0.05) is 0 Å². The summed E-state index contributed by atoms with van der Waals surface area (Å²) in [6.45, 7) is 0. The smallest absolute Gasteiger partial charge is 0.119 e. The molecule has 4 rings (SSSR count). The summed E-state index contributed by atoms with van der Waals surface area (Å²) < 4.78 is 16.3. The molecule has 120 valence electrons. The molecule has 0 amide bonds. The SMILES string of the molecule is COc1ccc2c3ccc(OC)cc3c3cc(OC)ccc3c2c1. The largest absolute Gasteiger partial charge is 0.497 e. The number of methoxy groups -OCH3 is 3. The van der Waals surface area contributed by atoms with Crippen LogP contribution in [0.15, 0.2) is 54.6 Å². The lowest BCUT2D eigenvalue weighted by atomic mass is 9.94. The molecule has 24 heavy (non-hydrogen) atoms. The second-order valence-electron chi connectivity index (χ2n) is 5.73. The van der Waals surface area contributed by atoms with Gasteiger partial charge in [-0.2, -0.15) is 0 Å². The topological polar surface area (TPSA) is 27.7 Å². The van der Waals surface area contributed by atoms with Gasteiger partial charge in [-0.15, -0.1) is 0 Å². The van der Waals surface area contributed by atoms with E-state index < -0.39 is 0 Å². The molecule has 0 saturated heterocycles. The number of fused-ring (bicyclic) bond motifs is 6. The molecule has 0 heterocycles. The predicted octanol–water partition coefficient (Wildman–Crippen LogP) is 5.17. The van der Waals surface area contributed by atoms with E-state index in [1.165, 1.54) is 21.5 Å². The molecule has 0 N–H and O–H groups in total. The second kappa shape index (κ2) is 5.60. The molecular formula is C21H18O3. The molecular weight excluding hydrogens is 300 g/mol. The van der Waals surface area contributed by atoms with Crippen LogP contribution in [0.1, 0.15) is 0 Å². The molecule has 0 bridgehead atoms. The molecule has 0 aliphatic carbocycles. The Morgan fingerprint density at radius 3 is 1.04 bits per heavy atom. The van der Waals surface area contributed by atoms with Gasteiger partial charge in [0.2, 0.25) is 0 Å². The average molecular weight is 318 g/mol. The highest BCUT2D eigenvalue weighted by atomic mass is 16.5. The maximum Gasteiger partial charge on any atom is 0.119 e. The molecule has 0 aliphatic heterocycles. The summed E-state index contributed by atoms with van der Waals surface area (Å²) in [5, 5.41) is 7.03. The quantitative estimate of drug-likeness (QED) is 0.488. The molecule has 0 fully saturated rings. The van der Waals surface area contributed by atoms with Crippen LogP contribution in [0.5, 0.6) is 17.2 Å². The van der Waals surface area contributed by atoms with E-state index in [0.29, 0.717) is 0 Å². The van der Waals surface area contributed by atoms with Gasteiger partial charge < -0.3 is 14.2 Å². The molecule has 0 saturated carbocycles. The molecule has 4 aromatic rings. The van der Waals surface area contributed by atoms with E-state index in [0.717, 1.165) is 28.0 Å². The zero-order chi connectivity index (χ0) is 16.7. The van der Waals surface area contributed by atoms with Gasteiger partial charge in [0.15, 0.2) is 0 Å². The Kier molecular flexibility index (Phi) is 3.42. The van der Waals surface area contributed by atoms with Gasteiger partial charge in [0.1, 0.15) is 17.2 Å². The summed E-state index contributed by atoms with van der Waals surface area (Å²) in [5.41, 5.74) is 0. The van der Waals surface area contributed by atoms with Crippen LogP contribution < -0.4 is 14.2 Å². The molecule has 0 spiro atoms. The van der Waals surface area contributed by atoms with Crippen LogP contribution in [0.3, 0.4) is 0 Å². The van der Waals surface area contributed by atoms with Crippen molar-refractivity contribution in [2.45, 2.75) is 0 Å². The fourth-order valence-corrected chi connectivity index (χ4v) is 3.32. The van der Waals surface area contributed by atoms with Crippen LogP contribution in [-0.4, -0.2) is 21.3 Å². The highest BCUT2D eigenvalue weighted by Crippen LogP contribution is 2.39. The van der Waals surface area contributed by atoms with Crippen LogP contribution in [0, 0.1) is 0 Å². The van der Waals surface area contributed by atoms with Crippen molar-refractivity contribution < 1.29 is 14.2 Å². The molecule has 3 heteroatoms. The first-order valence-corrected chi connectivity index (χ1v) is 7.80. The third-order valence-corrected chi connectivity index (χ3v) is 4.55. The fourth-order valence-electron chi connectivity index (χ4n) is 3.32. The van der Waals surface area contributed by atoms with E-state index in [9.17, 15) is 0 Å². The van der Waals surface area contributed by atoms with Crippen molar-refractivity contribution in [3.8, 4) is 17.2 Å². The van der Waals surface area contributed by atoms with Gasteiger partial charge >= 0.3 is 0 Å². The number of hydrogen-bond donors (Lipinski definition) is 0. The summed E-state index contributed by atoms with van der Waals surface area (Å²) in [6, 6.07) is 18.6. The van der Waals surface area contributed by atoms with E-state index in [1.54, 1.807) is 21.3 Å². The maximum absolute atomic E-state index is 5.43. The Morgan fingerprint density at radius 2 is 0.708 bits per heavy atom. The van der Waals surface area contributed by atoms with E-state index >= 15 is 0 Å². The Morgan fingerprint density at radius 1 is 0.417 bits per heavy atom. The van der Waals surface area contributed by atoms with Gasteiger partial charge in [-0.25, -0.2) is 0 Å². The van der Waals surface area contributed by atoms with Crippen molar-refractivity contribution >= 4 is 32.3 Å². The summed E-state index contributed by atoms with van der Waals surface area (Å²) in [5.74, 6) is 2.54. The molecule has 3 nitrogen and oxygen atoms in total. The molecule has 0 radical (unpaired) electrons. The highest BCUT2D eigenvalue weighted by molar-refractivity contribution is 6.25. The van der Waals surface area contributed by atoms with Crippen molar-refractivity contribution in [3.63, 3.8) is 0 Å². The Labute approximate surface area is 140 Å². The molecule has 0 aromatic heterocycles. The van der Waals surface area contributed by atoms with Gasteiger partial charge in [0.25, 0.3) is 0 Å². The second-order valence-corrected chi connectivity index (χ2v) is 5.73. The van der Waals surface area contributed by atoms with E-state index in [4.69, 9.17) is 14.2 Å². The molecule has 0 atom stereocenters. The first-order valence-electron chi connectivity index (χ1n) is 7.80. The average Bonchev–Trinajstić information content (AvgIpc) is 2.66. The monoisotopic (exact) mass is 318 g/mol. The summed E-state index contributed by atoms with van der Waals surface area (Å²) >= 11 is 0. The summed E-state index contributed by atoms with van der Waals surface area (Å²) in [7, 11) is 5.07. The predicted molar refractivity (Wildman–Crippen MR) is 98.6 cm³/mol. The minimum Gasteiger partial charge on any atom is -0.497 e. The standard InChI is InChI=1S/C21H18O3/c1-22-13-4-7-16-17-8-5-14(23-2)11-20(17)21-12-15(24-3)6-9-18(21)19(16)10-13/h4-12H,1-3H3. The minimum atomic E-state index is 0.842. The first kappa shape index (κ1) is 14.6. The Bertz CT molecular complexity index is 1070. The van der Waals surface area contributed by atoms with Crippen LogP contribution in [0.4, 0.5) is 0 Å². The molecule has 0 aliphatic rings. The van der Waals surface area contributed by atoms with E-state index in [-0.39, 0.29) is 0 Å². The van der Waals surface area contributed by atoms with Crippen molar-refractivity contribution in [2.24, 2.45) is 0 Å². The summed E-state index contributed by atoms with van der Waals surface area (Å²) in [4.78, 5) is 0. The van der Waals surface area contributed by atoms with E-state index in [1.807, 2.05) is 18.2 Å². The highest BCUT2D eigenvalue weighted by Gasteiger charge is 2.11. The molecule has 4 aromatic carbocycles. The lowest BCUT2D eigenvalue weighted by molar-refractivity contribution is 0.415. The van der Waals surface area contributed by atoms with Gasteiger partial charge in [0.05, 0.1) is 21.3 Å². The number of rotatable bonds is 3. The summed E-state index contributed by atoms with van der Waals surface area (Å²) in [6.07, 6.45) is 0. The number of hydrogen-bond acceptors (Lipinski definition) is 3. The van der Waals surface area contributed by atoms with Gasteiger partial charge in [-0.05, 0) is 68.7 Å². The van der Waals surface area contributed by atoms with Crippen LogP contribution >= 0.6 is 0 Å². The Hall–Kier alpha value is -2.94. The number of ether oxygens (including phenoxy) is 3. The van der Waals surface area contributed by atoms with Crippen molar-refractivity contribution in [2.75, 3.05) is 21.3 Å². The zero-order valence-corrected chi connectivity index (χ0v) is 13.9. The van der Waals surface area contributed by atoms with Crippen LogP contribution in [0.2, 0.25) is 0 Å². The van der Waals surface area contributed by atoms with Gasteiger partial charge in [-0.3, -0.25) is 0 Å². The zero-order valence-electron chi connectivity index (χ0n) is 13.9. The van der Waals surface area contributed by atoms with Crippen molar-refractivity contribution in [1.29, 1.82) is 0 Å².